The van der Waals surface area contributed by atoms with E-state index in [-0.39, 0.29) is 6.10 Å². The molecule has 1 aromatic carbocycles. The molecule has 94 valence electrons. The predicted molar refractivity (Wildman–Crippen MR) is 74.4 cm³/mol. The third kappa shape index (κ3) is 4.23. The maximum absolute atomic E-state index is 5.79. The number of benzene rings is 1. The predicted octanol–water partition coefficient (Wildman–Crippen LogP) is 3.49. The quantitative estimate of drug-likeness (QED) is 0.840. The van der Waals surface area contributed by atoms with Crippen LogP contribution in [0.2, 0.25) is 0 Å². The highest BCUT2D eigenvalue weighted by atomic mass is 16.5. The van der Waals surface area contributed by atoms with Crippen molar-refractivity contribution >= 4 is 6.08 Å². The van der Waals surface area contributed by atoms with Crippen LogP contribution >= 0.6 is 0 Å². The van der Waals surface area contributed by atoms with Gasteiger partial charge in [-0.05, 0) is 40.8 Å². The summed E-state index contributed by atoms with van der Waals surface area (Å²) in [5.74, 6) is 0.949. The van der Waals surface area contributed by atoms with Crippen LogP contribution < -0.4 is 10.1 Å². The molecule has 1 unspecified atom stereocenters. The fourth-order valence-corrected chi connectivity index (χ4v) is 1.56. The first kappa shape index (κ1) is 13.8. The van der Waals surface area contributed by atoms with E-state index in [9.17, 15) is 0 Å². The van der Waals surface area contributed by atoms with Gasteiger partial charge in [0.15, 0.2) is 0 Å². The first-order valence-corrected chi connectivity index (χ1v) is 6.15. The van der Waals surface area contributed by atoms with Crippen molar-refractivity contribution in [3.63, 3.8) is 0 Å². The van der Waals surface area contributed by atoms with Gasteiger partial charge in [0.25, 0.3) is 0 Å². The van der Waals surface area contributed by atoms with Crippen molar-refractivity contribution < 1.29 is 4.74 Å². The molecule has 2 heteroatoms. The summed E-state index contributed by atoms with van der Waals surface area (Å²) >= 11 is 0. The van der Waals surface area contributed by atoms with Crippen LogP contribution in [0.3, 0.4) is 0 Å². The zero-order chi connectivity index (χ0) is 12.8. The fraction of sp³-hybridized carbons (Fsp3) is 0.467. The lowest BCUT2D eigenvalue weighted by atomic mass is 10.1. The summed E-state index contributed by atoms with van der Waals surface area (Å²) in [4.78, 5) is 0. The van der Waals surface area contributed by atoms with Crippen LogP contribution in [0.15, 0.2) is 29.8 Å². The molecule has 0 bridgehead atoms. The van der Waals surface area contributed by atoms with E-state index < -0.39 is 0 Å². The maximum Gasteiger partial charge on any atom is 0.126 e. The van der Waals surface area contributed by atoms with Crippen LogP contribution in [0.1, 0.15) is 33.3 Å². The van der Waals surface area contributed by atoms with Gasteiger partial charge in [0, 0.05) is 11.6 Å². The van der Waals surface area contributed by atoms with Crippen molar-refractivity contribution in [1.29, 1.82) is 0 Å². The number of ether oxygens (including phenoxy) is 1. The molecular weight excluding hydrogens is 210 g/mol. The number of hydrogen-bond acceptors (Lipinski definition) is 2. The van der Waals surface area contributed by atoms with E-state index in [1.54, 1.807) is 0 Å². The molecular formula is C15H23NO. The second kappa shape index (κ2) is 6.45. The normalized spacial score (nSPS) is 13.9. The molecule has 1 atom stereocenters. The Labute approximate surface area is 105 Å². The topological polar surface area (TPSA) is 21.3 Å². The molecule has 0 aliphatic rings. The number of para-hydroxylation sites is 1. The Morgan fingerprint density at radius 2 is 1.88 bits per heavy atom. The molecule has 0 spiro atoms. The molecule has 0 saturated heterocycles. The van der Waals surface area contributed by atoms with Gasteiger partial charge in [-0.2, -0.15) is 0 Å². The average Bonchev–Trinajstić information content (AvgIpc) is 2.29. The number of rotatable bonds is 5. The number of likely N-dealkylation sites (N-methyl/N-ethyl adjacent to an activating group) is 1. The van der Waals surface area contributed by atoms with Crippen molar-refractivity contribution in [2.45, 2.75) is 39.8 Å². The van der Waals surface area contributed by atoms with Gasteiger partial charge >= 0.3 is 0 Å². The summed E-state index contributed by atoms with van der Waals surface area (Å²) in [5.41, 5.74) is 2.44. The smallest absolute Gasteiger partial charge is 0.126 e. The van der Waals surface area contributed by atoms with E-state index in [4.69, 9.17) is 4.74 Å². The van der Waals surface area contributed by atoms with Crippen molar-refractivity contribution in [2.24, 2.45) is 0 Å². The minimum atomic E-state index is 0.201. The van der Waals surface area contributed by atoms with Gasteiger partial charge in [-0.15, -0.1) is 0 Å². The Kier molecular flexibility index (Phi) is 5.23. The molecule has 0 aromatic heterocycles. The molecule has 0 fully saturated rings. The highest BCUT2D eigenvalue weighted by molar-refractivity contribution is 5.60. The van der Waals surface area contributed by atoms with Gasteiger partial charge in [0.2, 0.25) is 0 Å². The Hall–Kier alpha value is -1.28. The molecule has 0 aliphatic heterocycles. The third-order valence-corrected chi connectivity index (χ3v) is 2.78. The summed E-state index contributed by atoms with van der Waals surface area (Å²) in [6.07, 6.45) is 2.38. The van der Waals surface area contributed by atoms with Crippen molar-refractivity contribution in [1.82, 2.24) is 5.32 Å². The number of nitrogens with one attached hydrogen (secondary N) is 1. The van der Waals surface area contributed by atoms with Crippen LogP contribution in [0.25, 0.3) is 6.08 Å². The van der Waals surface area contributed by atoms with Gasteiger partial charge in [-0.25, -0.2) is 0 Å². The van der Waals surface area contributed by atoms with Crippen molar-refractivity contribution in [3.8, 4) is 5.75 Å². The largest absolute Gasteiger partial charge is 0.490 e. The molecule has 0 saturated carbocycles. The summed E-state index contributed by atoms with van der Waals surface area (Å²) < 4.78 is 5.79. The molecule has 0 radical (unpaired) electrons. The summed E-state index contributed by atoms with van der Waals surface area (Å²) in [6, 6.07) is 8.52. The fourth-order valence-electron chi connectivity index (χ4n) is 1.56. The van der Waals surface area contributed by atoms with Gasteiger partial charge in [0.05, 0.1) is 6.10 Å². The molecule has 17 heavy (non-hydrogen) atoms. The molecule has 1 rings (SSSR count). The van der Waals surface area contributed by atoms with Gasteiger partial charge < -0.3 is 10.1 Å². The second-order valence-electron chi connectivity index (χ2n) is 4.60. The van der Waals surface area contributed by atoms with Crippen LogP contribution in [-0.2, 0) is 0 Å². The first-order valence-electron chi connectivity index (χ1n) is 6.15. The average molecular weight is 233 g/mol. The van der Waals surface area contributed by atoms with Crippen LogP contribution in [-0.4, -0.2) is 19.2 Å². The highest BCUT2D eigenvalue weighted by Gasteiger charge is 2.05. The lowest BCUT2D eigenvalue weighted by Gasteiger charge is -2.14. The van der Waals surface area contributed by atoms with Gasteiger partial charge in [-0.3, -0.25) is 0 Å². The Balaban J connectivity index is 2.97. The highest BCUT2D eigenvalue weighted by Crippen LogP contribution is 2.22. The Bertz CT molecular complexity index is 382. The second-order valence-corrected chi connectivity index (χ2v) is 4.60. The van der Waals surface area contributed by atoms with E-state index in [1.807, 2.05) is 39.1 Å². The molecule has 0 heterocycles. The van der Waals surface area contributed by atoms with E-state index in [1.165, 1.54) is 5.57 Å². The SMILES string of the molecule is CNC(C)/C(C)=C/c1ccccc1OC(C)C. The third-order valence-electron chi connectivity index (χ3n) is 2.78. The molecule has 0 amide bonds. The lowest BCUT2D eigenvalue weighted by molar-refractivity contribution is 0.242. The van der Waals surface area contributed by atoms with Crippen LogP contribution in [0.5, 0.6) is 5.75 Å². The van der Waals surface area contributed by atoms with Crippen LogP contribution in [0, 0.1) is 0 Å². The summed E-state index contributed by atoms with van der Waals surface area (Å²) in [5, 5.41) is 3.24. The van der Waals surface area contributed by atoms with E-state index in [2.05, 4.69) is 31.3 Å². The molecule has 1 aromatic rings. The van der Waals surface area contributed by atoms with Crippen molar-refractivity contribution in [2.75, 3.05) is 7.05 Å². The van der Waals surface area contributed by atoms with Gasteiger partial charge in [-0.1, -0.05) is 29.8 Å². The lowest BCUT2D eigenvalue weighted by Crippen LogP contribution is -2.22. The maximum atomic E-state index is 5.79. The Morgan fingerprint density at radius 1 is 1.24 bits per heavy atom. The molecule has 1 N–H and O–H groups in total. The Morgan fingerprint density at radius 3 is 2.47 bits per heavy atom. The number of hydrogen-bond donors (Lipinski definition) is 1. The van der Waals surface area contributed by atoms with E-state index in [0.29, 0.717) is 6.04 Å². The monoisotopic (exact) mass is 233 g/mol. The van der Waals surface area contributed by atoms with Crippen LogP contribution in [0.4, 0.5) is 0 Å². The minimum absolute atomic E-state index is 0.201. The molecule has 0 aliphatic carbocycles. The van der Waals surface area contributed by atoms with E-state index >= 15 is 0 Å². The molecule has 2 nitrogen and oxygen atoms in total. The standard InChI is InChI=1S/C15H23NO/c1-11(2)17-15-9-7-6-8-14(15)10-12(3)13(4)16-5/h6-11,13,16H,1-5H3/b12-10+. The zero-order valence-electron chi connectivity index (χ0n) is 11.4. The van der Waals surface area contributed by atoms with E-state index in [0.717, 1.165) is 11.3 Å². The summed E-state index contributed by atoms with van der Waals surface area (Å²) in [6.45, 7) is 8.37. The van der Waals surface area contributed by atoms with Crippen molar-refractivity contribution in [3.05, 3.63) is 35.4 Å². The van der Waals surface area contributed by atoms with Gasteiger partial charge in [0.1, 0.15) is 5.75 Å². The first-order chi connectivity index (χ1) is 8.04. The zero-order valence-corrected chi connectivity index (χ0v) is 11.4. The summed E-state index contributed by atoms with van der Waals surface area (Å²) in [7, 11) is 1.97. The minimum Gasteiger partial charge on any atom is -0.490 e.